The first-order valence-corrected chi connectivity index (χ1v) is 10.2. The number of halogens is 1. The first-order chi connectivity index (χ1) is 15.5. The third kappa shape index (κ3) is 5.55. The predicted octanol–water partition coefficient (Wildman–Crippen LogP) is 4.57. The fraction of sp³-hybridized carbons (Fsp3) is 0.115. The maximum absolute atomic E-state index is 13.0. The SMILES string of the molecule is O=C(C=Cc1ccc(C(=O)NC2CC2)cc1)Oc1ccc(C(=O)c2ccc(F)cc2)cc1. The Hall–Kier alpha value is -4.06. The summed E-state index contributed by atoms with van der Waals surface area (Å²) in [6.45, 7) is 0. The van der Waals surface area contributed by atoms with Gasteiger partial charge in [-0.05, 0) is 85.1 Å². The first-order valence-electron chi connectivity index (χ1n) is 10.2. The van der Waals surface area contributed by atoms with Crippen molar-refractivity contribution in [3.05, 3.63) is 107 Å². The minimum absolute atomic E-state index is 0.0937. The lowest BCUT2D eigenvalue weighted by molar-refractivity contribution is -0.128. The number of nitrogens with one attached hydrogen (secondary N) is 1. The van der Waals surface area contributed by atoms with Crippen molar-refractivity contribution in [1.29, 1.82) is 0 Å². The second-order valence-corrected chi connectivity index (χ2v) is 7.48. The highest BCUT2D eigenvalue weighted by atomic mass is 19.1. The van der Waals surface area contributed by atoms with Gasteiger partial charge in [0, 0.05) is 28.8 Å². The Kier molecular flexibility index (Phi) is 6.22. The number of carbonyl (C=O) groups excluding carboxylic acids is 3. The molecule has 1 saturated carbocycles. The molecule has 1 amide bonds. The van der Waals surface area contributed by atoms with Crippen LogP contribution in [0.2, 0.25) is 0 Å². The molecule has 0 radical (unpaired) electrons. The van der Waals surface area contributed by atoms with Crippen LogP contribution < -0.4 is 10.1 Å². The van der Waals surface area contributed by atoms with Gasteiger partial charge in [-0.3, -0.25) is 9.59 Å². The molecular formula is C26H20FNO4. The van der Waals surface area contributed by atoms with Crippen LogP contribution in [0.4, 0.5) is 4.39 Å². The lowest BCUT2D eigenvalue weighted by Crippen LogP contribution is -2.25. The zero-order chi connectivity index (χ0) is 22.5. The molecule has 0 aromatic heterocycles. The van der Waals surface area contributed by atoms with Crippen LogP contribution in [0.3, 0.4) is 0 Å². The van der Waals surface area contributed by atoms with Crippen LogP contribution in [0, 0.1) is 5.82 Å². The lowest BCUT2D eigenvalue weighted by Gasteiger charge is -2.04. The molecule has 5 nitrogen and oxygen atoms in total. The molecule has 1 aliphatic rings. The summed E-state index contributed by atoms with van der Waals surface area (Å²) in [4.78, 5) is 36.5. The Morgan fingerprint density at radius 1 is 0.812 bits per heavy atom. The van der Waals surface area contributed by atoms with Crippen molar-refractivity contribution >= 4 is 23.7 Å². The summed E-state index contributed by atoms with van der Waals surface area (Å²) in [5.41, 5.74) is 2.10. The number of carbonyl (C=O) groups is 3. The van der Waals surface area contributed by atoms with Gasteiger partial charge in [0.1, 0.15) is 11.6 Å². The van der Waals surface area contributed by atoms with Gasteiger partial charge in [-0.15, -0.1) is 0 Å². The summed E-state index contributed by atoms with van der Waals surface area (Å²) < 4.78 is 18.3. The minimum atomic E-state index is -0.571. The van der Waals surface area contributed by atoms with Crippen LogP contribution >= 0.6 is 0 Å². The van der Waals surface area contributed by atoms with E-state index in [9.17, 15) is 18.8 Å². The summed E-state index contributed by atoms with van der Waals surface area (Å²) in [5, 5.41) is 2.92. The van der Waals surface area contributed by atoms with Gasteiger partial charge in [0.25, 0.3) is 5.91 Å². The second kappa shape index (κ2) is 9.39. The van der Waals surface area contributed by atoms with Gasteiger partial charge in [0.2, 0.25) is 0 Å². The van der Waals surface area contributed by atoms with Crippen LogP contribution in [0.5, 0.6) is 5.75 Å². The van der Waals surface area contributed by atoms with E-state index >= 15 is 0 Å². The Morgan fingerprint density at radius 3 is 1.97 bits per heavy atom. The van der Waals surface area contributed by atoms with Crippen LogP contribution in [-0.4, -0.2) is 23.7 Å². The number of esters is 1. The van der Waals surface area contributed by atoms with Gasteiger partial charge >= 0.3 is 5.97 Å². The van der Waals surface area contributed by atoms with Gasteiger partial charge in [-0.25, -0.2) is 9.18 Å². The largest absolute Gasteiger partial charge is 0.423 e. The van der Waals surface area contributed by atoms with Gasteiger partial charge < -0.3 is 10.1 Å². The average molecular weight is 429 g/mol. The van der Waals surface area contributed by atoms with E-state index in [1.807, 2.05) is 0 Å². The molecule has 4 rings (SSSR count). The first kappa shape index (κ1) is 21.2. The molecule has 0 unspecified atom stereocenters. The van der Waals surface area contributed by atoms with Gasteiger partial charge in [0.05, 0.1) is 0 Å². The molecule has 0 aliphatic heterocycles. The van der Waals surface area contributed by atoms with E-state index < -0.39 is 11.8 Å². The van der Waals surface area contributed by atoms with Crippen LogP contribution in [0.25, 0.3) is 6.08 Å². The predicted molar refractivity (Wildman–Crippen MR) is 118 cm³/mol. The van der Waals surface area contributed by atoms with Crippen molar-refractivity contribution in [2.75, 3.05) is 0 Å². The van der Waals surface area contributed by atoms with Crippen molar-refractivity contribution in [3.63, 3.8) is 0 Å². The minimum Gasteiger partial charge on any atom is -0.423 e. The third-order valence-corrected chi connectivity index (χ3v) is 4.94. The molecule has 0 atom stereocenters. The summed E-state index contributed by atoms with van der Waals surface area (Å²) in [6, 6.07) is 18.6. The molecule has 3 aromatic carbocycles. The zero-order valence-electron chi connectivity index (χ0n) is 17.1. The quantitative estimate of drug-likeness (QED) is 0.259. The van der Waals surface area contributed by atoms with E-state index in [1.54, 1.807) is 42.5 Å². The molecule has 0 bridgehead atoms. The Labute approximate surface area is 184 Å². The van der Waals surface area contributed by atoms with Gasteiger partial charge in [-0.1, -0.05) is 12.1 Å². The summed E-state index contributed by atoms with van der Waals surface area (Å²) in [5.74, 6) is -1.03. The molecule has 160 valence electrons. The van der Waals surface area contributed by atoms with E-state index in [0.717, 1.165) is 18.4 Å². The number of amides is 1. The lowest BCUT2D eigenvalue weighted by atomic mass is 10.0. The van der Waals surface area contributed by atoms with Crippen molar-refractivity contribution in [3.8, 4) is 5.75 Å². The molecule has 6 heteroatoms. The topological polar surface area (TPSA) is 72.5 Å². The zero-order valence-corrected chi connectivity index (χ0v) is 17.1. The highest BCUT2D eigenvalue weighted by molar-refractivity contribution is 6.09. The van der Waals surface area contributed by atoms with Crippen molar-refractivity contribution in [2.24, 2.45) is 0 Å². The van der Waals surface area contributed by atoms with Crippen LogP contribution in [0.15, 0.2) is 78.9 Å². The van der Waals surface area contributed by atoms with Gasteiger partial charge in [0.15, 0.2) is 5.78 Å². The van der Waals surface area contributed by atoms with E-state index in [0.29, 0.717) is 28.5 Å². The van der Waals surface area contributed by atoms with Crippen molar-refractivity contribution < 1.29 is 23.5 Å². The standard InChI is InChI=1S/C26H20FNO4/c27-21-10-6-18(7-11-21)25(30)19-8-14-23(15-9-19)32-24(29)16-3-17-1-4-20(5-2-17)26(31)28-22-12-13-22/h1-11,14-16,22H,12-13H2,(H,28,31). The van der Waals surface area contributed by atoms with Crippen LogP contribution in [0.1, 0.15) is 44.7 Å². The normalized spacial score (nSPS) is 13.0. The van der Waals surface area contributed by atoms with Crippen molar-refractivity contribution in [2.45, 2.75) is 18.9 Å². The average Bonchev–Trinajstić information content (AvgIpc) is 3.62. The fourth-order valence-electron chi connectivity index (χ4n) is 3.00. The van der Waals surface area contributed by atoms with E-state index in [2.05, 4.69) is 5.32 Å². The highest BCUT2D eigenvalue weighted by Gasteiger charge is 2.23. The molecule has 1 aliphatic carbocycles. The molecule has 0 spiro atoms. The molecule has 3 aromatic rings. The third-order valence-electron chi connectivity index (χ3n) is 4.94. The Bertz CT molecular complexity index is 1160. The molecule has 1 fully saturated rings. The number of ketones is 1. The highest BCUT2D eigenvalue weighted by Crippen LogP contribution is 2.20. The maximum atomic E-state index is 13.0. The second-order valence-electron chi connectivity index (χ2n) is 7.48. The summed E-state index contributed by atoms with van der Waals surface area (Å²) >= 11 is 0. The molecule has 0 heterocycles. The summed E-state index contributed by atoms with van der Waals surface area (Å²) in [6.07, 6.45) is 4.94. The monoisotopic (exact) mass is 429 g/mol. The molecule has 32 heavy (non-hydrogen) atoms. The van der Waals surface area contributed by atoms with E-state index in [4.69, 9.17) is 4.74 Å². The number of benzene rings is 3. The number of hydrogen-bond donors (Lipinski definition) is 1. The number of rotatable bonds is 7. The van der Waals surface area contributed by atoms with E-state index in [1.165, 1.54) is 42.5 Å². The maximum Gasteiger partial charge on any atom is 0.336 e. The molecular weight excluding hydrogens is 409 g/mol. The number of hydrogen-bond acceptors (Lipinski definition) is 4. The van der Waals surface area contributed by atoms with Crippen molar-refractivity contribution in [1.82, 2.24) is 5.32 Å². The number of ether oxygens (including phenoxy) is 1. The Balaban J connectivity index is 1.32. The fourth-order valence-corrected chi connectivity index (χ4v) is 3.00. The Morgan fingerprint density at radius 2 is 1.38 bits per heavy atom. The molecule has 0 saturated heterocycles. The van der Waals surface area contributed by atoms with E-state index in [-0.39, 0.29) is 11.7 Å². The van der Waals surface area contributed by atoms with Gasteiger partial charge in [-0.2, -0.15) is 0 Å². The summed E-state index contributed by atoms with van der Waals surface area (Å²) in [7, 11) is 0. The smallest absolute Gasteiger partial charge is 0.336 e. The molecule has 1 N–H and O–H groups in total. The van der Waals surface area contributed by atoms with Crippen LogP contribution in [-0.2, 0) is 4.79 Å².